The van der Waals surface area contributed by atoms with Crippen molar-refractivity contribution < 1.29 is 4.92 Å². The number of thiazole rings is 1. The van der Waals surface area contributed by atoms with Gasteiger partial charge in [-0.15, -0.1) is 11.3 Å². The fraction of sp³-hybridized carbons (Fsp3) is 0.130. The molecule has 0 atom stereocenters. The number of aromatic nitrogens is 1. The summed E-state index contributed by atoms with van der Waals surface area (Å²) in [5.41, 5.74) is 9.57. The molecule has 3 aromatic carbocycles. The molecular formula is C23H18N4O2S. The highest BCUT2D eigenvalue weighted by atomic mass is 32.1. The first-order valence-electron chi connectivity index (χ1n) is 9.64. The summed E-state index contributed by atoms with van der Waals surface area (Å²) < 4.78 is 0. The predicted molar refractivity (Wildman–Crippen MR) is 121 cm³/mol. The molecular weight excluding hydrogens is 396 g/mol. The van der Waals surface area contributed by atoms with Gasteiger partial charge in [-0.3, -0.25) is 15.5 Å². The van der Waals surface area contributed by atoms with E-state index in [0.29, 0.717) is 5.13 Å². The molecule has 7 heteroatoms. The number of hydrazone groups is 1. The van der Waals surface area contributed by atoms with Crippen LogP contribution in [0, 0.1) is 10.1 Å². The lowest BCUT2D eigenvalue weighted by atomic mass is 9.98. The topological polar surface area (TPSA) is 80.4 Å². The van der Waals surface area contributed by atoms with Crippen LogP contribution in [0.5, 0.6) is 0 Å². The van der Waals surface area contributed by atoms with Crippen molar-refractivity contribution in [2.24, 2.45) is 5.10 Å². The lowest BCUT2D eigenvalue weighted by Gasteiger charge is -2.09. The van der Waals surface area contributed by atoms with Crippen molar-refractivity contribution in [3.05, 3.63) is 86.8 Å². The largest absolute Gasteiger partial charge is 0.269 e. The molecule has 0 saturated heterocycles. The number of nitrogens with zero attached hydrogens (tertiary/aromatic N) is 3. The lowest BCUT2D eigenvalue weighted by Crippen LogP contribution is -2.01. The van der Waals surface area contributed by atoms with E-state index in [2.05, 4.69) is 45.8 Å². The summed E-state index contributed by atoms with van der Waals surface area (Å²) in [5, 5.41) is 20.6. The van der Waals surface area contributed by atoms with E-state index in [-0.39, 0.29) is 5.69 Å². The maximum atomic E-state index is 10.8. The van der Waals surface area contributed by atoms with Gasteiger partial charge in [0.05, 0.1) is 16.3 Å². The molecule has 0 radical (unpaired) electrons. The van der Waals surface area contributed by atoms with E-state index in [1.807, 2.05) is 12.3 Å². The Bertz CT molecular complexity index is 1300. The van der Waals surface area contributed by atoms with Crippen LogP contribution < -0.4 is 5.43 Å². The molecule has 0 aliphatic heterocycles. The van der Waals surface area contributed by atoms with Crippen LogP contribution in [0.4, 0.5) is 10.8 Å². The number of anilines is 1. The zero-order valence-corrected chi connectivity index (χ0v) is 17.1. The molecule has 1 aliphatic carbocycles. The molecule has 6 nitrogen and oxygen atoms in total. The second-order valence-electron chi connectivity index (χ2n) is 7.26. The number of nitro benzene ring substituents is 1. The third-order valence-electron chi connectivity index (χ3n) is 5.46. The number of nitro groups is 1. The molecule has 5 rings (SSSR count). The maximum absolute atomic E-state index is 10.8. The summed E-state index contributed by atoms with van der Waals surface area (Å²) >= 11 is 1.45. The number of rotatable bonds is 5. The highest BCUT2D eigenvalue weighted by Gasteiger charge is 2.16. The third-order valence-corrected chi connectivity index (χ3v) is 6.21. The molecule has 0 amide bonds. The van der Waals surface area contributed by atoms with Gasteiger partial charge in [0.15, 0.2) is 0 Å². The summed E-state index contributed by atoms with van der Waals surface area (Å²) in [5.74, 6) is 0. The van der Waals surface area contributed by atoms with Gasteiger partial charge in [0.1, 0.15) is 0 Å². The molecule has 0 fully saturated rings. The van der Waals surface area contributed by atoms with Gasteiger partial charge in [0.25, 0.3) is 5.69 Å². The minimum absolute atomic E-state index is 0.0675. The van der Waals surface area contributed by atoms with Crippen LogP contribution >= 0.6 is 11.3 Å². The van der Waals surface area contributed by atoms with Crippen molar-refractivity contribution >= 4 is 38.6 Å². The first-order chi connectivity index (χ1) is 14.6. The summed E-state index contributed by atoms with van der Waals surface area (Å²) in [6.07, 6.45) is 2.21. The smallest absolute Gasteiger partial charge is 0.258 e. The van der Waals surface area contributed by atoms with Crippen LogP contribution in [0.2, 0.25) is 0 Å². The van der Waals surface area contributed by atoms with Gasteiger partial charge in [-0.1, -0.05) is 30.3 Å². The lowest BCUT2D eigenvalue weighted by molar-refractivity contribution is -0.384. The Labute approximate surface area is 177 Å². The predicted octanol–water partition coefficient (Wildman–Crippen LogP) is 5.81. The van der Waals surface area contributed by atoms with Gasteiger partial charge >= 0.3 is 0 Å². The van der Waals surface area contributed by atoms with Crippen LogP contribution in [-0.2, 0) is 12.8 Å². The van der Waals surface area contributed by atoms with Crippen LogP contribution in [0.25, 0.3) is 22.0 Å². The Morgan fingerprint density at radius 1 is 1.10 bits per heavy atom. The first kappa shape index (κ1) is 18.4. The number of hydrogen-bond donors (Lipinski definition) is 1. The third kappa shape index (κ3) is 3.23. The Morgan fingerprint density at radius 3 is 2.63 bits per heavy atom. The van der Waals surface area contributed by atoms with Crippen molar-refractivity contribution in [1.29, 1.82) is 0 Å². The molecule has 1 heterocycles. The molecule has 0 bridgehead atoms. The normalized spacial score (nSPS) is 13.0. The fourth-order valence-corrected chi connectivity index (χ4v) is 4.63. The quantitative estimate of drug-likeness (QED) is 0.254. The fourth-order valence-electron chi connectivity index (χ4n) is 3.97. The van der Waals surface area contributed by atoms with E-state index < -0.39 is 4.92 Å². The van der Waals surface area contributed by atoms with Gasteiger partial charge in [-0.2, -0.15) is 5.10 Å². The average molecular weight is 414 g/mol. The van der Waals surface area contributed by atoms with Gasteiger partial charge in [-0.05, 0) is 53.8 Å². The van der Waals surface area contributed by atoms with Gasteiger partial charge in [-0.25, -0.2) is 4.98 Å². The van der Waals surface area contributed by atoms with E-state index in [4.69, 9.17) is 0 Å². The monoisotopic (exact) mass is 414 g/mol. The van der Waals surface area contributed by atoms with E-state index in [9.17, 15) is 10.1 Å². The molecule has 1 aromatic heterocycles. The summed E-state index contributed by atoms with van der Waals surface area (Å²) in [6.45, 7) is 2.00. The van der Waals surface area contributed by atoms with Crippen LogP contribution in [-0.4, -0.2) is 15.6 Å². The number of nitrogens with one attached hydrogen (secondary N) is 1. The molecule has 4 aromatic rings. The van der Waals surface area contributed by atoms with Gasteiger partial charge < -0.3 is 0 Å². The van der Waals surface area contributed by atoms with Crippen molar-refractivity contribution in [3.63, 3.8) is 0 Å². The zero-order valence-electron chi connectivity index (χ0n) is 16.3. The zero-order chi connectivity index (χ0) is 20.7. The second kappa shape index (κ2) is 7.35. The number of non-ortho nitro benzene ring substituents is 1. The molecule has 1 aliphatic rings. The minimum atomic E-state index is -0.407. The Hall–Kier alpha value is -3.58. The molecule has 0 spiro atoms. The highest BCUT2D eigenvalue weighted by molar-refractivity contribution is 7.14. The first-order valence-corrected chi connectivity index (χ1v) is 10.5. The highest BCUT2D eigenvalue weighted by Crippen LogP contribution is 2.33. The molecule has 148 valence electrons. The van der Waals surface area contributed by atoms with Crippen molar-refractivity contribution in [2.75, 3.05) is 5.43 Å². The summed E-state index contributed by atoms with van der Waals surface area (Å²) in [4.78, 5) is 15.0. The second-order valence-corrected chi connectivity index (χ2v) is 8.12. The van der Waals surface area contributed by atoms with Gasteiger partial charge in [0.2, 0.25) is 5.13 Å². The standard InChI is InChI=1S/C23H18N4O2S/c1-14(19-12-9-17-6-5-16-3-2-4-20(19)22(16)17)25-26-23-24-21(13-30-23)15-7-10-18(11-8-15)27(28)29/h2-4,7-13H,5-6H2,1H3,(H,24,26)/b25-14-. The Kier molecular flexibility index (Phi) is 4.52. The van der Waals surface area contributed by atoms with E-state index >= 15 is 0 Å². The Balaban J connectivity index is 1.39. The average Bonchev–Trinajstić information content (AvgIpc) is 3.41. The number of aryl methyl sites for hydroxylation is 2. The van der Waals surface area contributed by atoms with Crippen molar-refractivity contribution in [1.82, 2.24) is 4.98 Å². The summed E-state index contributed by atoms with van der Waals surface area (Å²) in [7, 11) is 0. The van der Waals surface area contributed by atoms with Gasteiger partial charge in [0, 0.05) is 28.6 Å². The van der Waals surface area contributed by atoms with Crippen LogP contribution in [0.3, 0.4) is 0 Å². The van der Waals surface area contributed by atoms with E-state index in [1.54, 1.807) is 12.1 Å². The molecule has 0 saturated carbocycles. The van der Waals surface area contributed by atoms with Crippen molar-refractivity contribution in [2.45, 2.75) is 19.8 Å². The van der Waals surface area contributed by atoms with Crippen molar-refractivity contribution in [3.8, 4) is 11.3 Å². The molecule has 1 N–H and O–H groups in total. The number of hydrogen-bond acceptors (Lipinski definition) is 6. The Morgan fingerprint density at radius 2 is 1.87 bits per heavy atom. The van der Waals surface area contributed by atoms with Crippen LogP contribution in [0.1, 0.15) is 23.6 Å². The van der Waals surface area contributed by atoms with Crippen LogP contribution in [0.15, 0.2) is 65.1 Å². The molecule has 0 unspecified atom stereocenters. The molecule has 30 heavy (non-hydrogen) atoms. The SMILES string of the molecule is C/C(=N/Nc1nc(-c2ccc([N+](=O)[O-])cc2)cs1)c1ccc2c3c(cccc13)CC2. The summed E-state index contributed by atoms with van der Waals surface area (Å²) in [6, 6.07) is 17.2. The van der Waals surface area contributed by atoms with E-state index in [1.165, 1.54) is 45.4 Å². The number of benzene rings is 3. The van der Waals surface area contributed by atoms with E-state index in [0.717, 1.165) is 35.4 Å². The minimum Gasteiger partial charge on any atom is -0.258 e. The maximum Gasteiger partial charge on any atom is 0.269 e.